The quantitative estimate of drug-likeness (QED) is 0.470. The molecule has 11 heteroatoms. The lowest BCUT2D eigenvalue weighted by Gasteiger charge is -2.33. The van der Waals surface area contributed by atoms with Crippen molar-refractivity contribution in [3.63, 3.8) is 0 Å². The molecule has 192 valence electrons. The van der Waals surface area contributed by atoms with Gasteiger partial charge in [0.15, 0.2) is 0 Å². The zero-order valence-electron chi connectivity index (χ0n) is 19.1. The number of hydrogen-bond acceptors (Lipinski definition) is 5. The summed E-state index contributed by atoms with van der Waals surface area (Å²) in [6.45, 7) is 1.34. The van der Waals surface area contributed by atoms with Gasteiger partial charge in [0.25, 0.3) is 0 Å². The van der Waals surface area contributed by atoms with Crippen molar-refractivity contribution in [3.8, 4) is 0 Å². The molecule has 0 radical (unpaired) electrons. The van der Waals surface area contributed by atoms with Gasteiger partial charge in [-0.25, -0.2) is 21.6 Å². The summed E-state index contributed by atoms with van der Waals surface area (Å²) in [6, 6.07) is 18.7. The SMILES string of the molecule is O=S(=O)(NCC1CCN(c2ccccc2)CC1)c1cc(S(=O)(=O)c2ccccc2)ccc1C(F)(F)F. The van der Waals surface area contributed by atoms with Crippen LogP contribution in [0, 0.1) is 5.92 Å². The van der Waals surface area contributed by atoms with Gasteiger partial charge in [-0.2, -0.15) is 13.2 Å². The summed E-state index contributed by atoms with van der Waals surface area (Å²) in [5.74, 6) is -0.0645. The van der Waals surface area contributed by atoms with Crippen molar-refractivity contribution in [1.82, 2.24) is 4.72 Å². The minimum absolute atomic E-state index is 0.0437. The third-order valence-corrected chi connectivity index (χ3v) is 9.44. The van der Waals surface area contributed by atoms with E-state index in [1.165, 1.54) is 24.3 Å². The summed E-state index contributed by atoms with van der Waals surface area (Å²) in [5, 5.41) is 0. The molecule has 0 amide bonds. The number of sulfone groups is 1. The van der Waals surface area contributed by atoms with Gasteiger partial charge in [0.1, 0.15) is 0 Å². The Morgan fingerprint density at radius 2 is 1.39 bits per heavy atom. The number of halogens is 3. The molecule has 6 nitrogen and oxygen atoms in total. The number of piperidine rings is 1. The Kier molecular flexibility index (Phi) is 7.44. The summed E-state index contributed by atoms with van der Waals surface area (Å²) in [5.41, 5.74) is -0.358. The summed E-state index contributed by atoms with van der Waals surface area (Å²) in [6.07, 6.45) is -3.67. The Morgan fingerprint density at radius 3 is 1.97 bits per heavy atom. The van der Waals surface area contributed by atoms with Gasteiger partial charge in [0.2, 0.25) is 19.9 Å². The number of nitrogens with zero attached hydrogens (tertiary/aromatic N) is 1. The summed E-state index contributed by atoms with van der Waals surface area (Å²) >= 11 is 0. The first kappa shape index (κ1) is 26.2. The molecule has 1 heterocycles. The van der Waals surface area contributed by atoms with E-state index in [0.29, 0.717) is 38.1 Å². The second-order valence-electron chi connectivity index (χ2n) is 8.59. The highest BCUT2D eigenvalue weighted by Crippen LogP contribution is 2.36. The standard InChI is InChI=1S/C25H25F3N2O4S2/c26-25(27,28)23-12-11-22(35(31,32)21-9-5-2-6-10-21)17-24(23)36(33,34)29-18-19-13-15-30(16-14-19)20-7-3-1-4-8-20/h1-12,17,19,29H,13-16,18H2. The van der Waals surface area contributed by atoms with Crippen LogP contribution in [-0.2, 0) is 26.0 Å². The first-order chi connectivity index (χ1) is 17.0. The molecular formula is C25H25F3N2O4S2. The lowest BCUT2D eigenvalue weighted by atomic mass is 9.97. The molecule has 0 unspecified atom stereocenters. The minimum atomic E-state index is -4.99. The van der Waals surface area contributed by atoms with Crippen molar-refractivity contribution in [2.75, 3.05) is 24.5 Å². The van der Waals surface area contributed by atoms with E-state index < -0.39 is 41.4 Å². The minimum Gasteiger partial charge on any atom is -0.372 e. The van der Waals surface area contributed by atoms with E-state index in [4.69, 9.17) is 0 Å². The van der Waals surface area contributed by atoms with Crippen LogP contribution in [0.2, 0.25) is 0 Å². The van der Waals surface area contributed by atoms with Gasteiger partial charge in [-0.05, 0) is 61.2 Å². The molecule has 0 spiro atoms. The van der Waals surface area contributed by atoms with Crippen LogP contribution in [0.1, 0.15) is 18.4 Å². The van der Waals surface area contributed by atoms with Gasteiger partial charge in [-0.15, -0.1) is 0 Å². The molecule has 4 rings (SSSR count). The van der Waals surface area contributed by atoms with E-state index >= 15 is 0 Å². The Hall–Kier alpha value is -2.89. The number of hydrogen-bond donors (Lipinski definition) is 1. The number of para-hydroxylation sites is 1. The third-order valence-electron chi connectivity index (χ3n) is 6.21. The molecule has 0 bridgehead atoms. The molecule has 1 saturated heterocycles. The summed E-state index contributed by atoms with van der Waals surface area (Å²) in [4.78, 5) is 0.392. The van der Waals surface area contributed by atoms with Crippen molar-refractivity contribution in [2.24, 2.45) is 5.92 Å². The van der Waals surface area contributed by atoms with Crippen molar-refractivity contribution in [3.05, 3.63) is 84.4 Å². The normalized spacial score (nSPS) is 15.7. The van der Waals surface area contributed by atoms with E-state index in [-0.39, 0.29) is 17.4 Å². The second kappa shape index (κ2) is 10.2. The number of sulfonamides is 1. The van der Waals surface area contributed by atoms with Gasteiger partial charge >= 0.3 is 6.18 Å². The Bertz CT molecular complexity index is 1400. The highest BCUT2D eigenvalue weighted by molar-refractivity contribution is 7.91. The molecule has 1 fully saturated rings. The van der Waals surface area contributed by atoms with E-state index in [2.05, 4.69) is 9.62 Å². The average Bonchev–Trinajstić information content (AvgIpc) is 2.88. The van der Waals surface area contributed by atoms with Gasteiger partial charge in [0, 0.05) is 25.3 Å². The largest absolute Gasteiger partial charge is 0.417 e. The zero-order valence-corrected chi connectivity index (χ0v) is 20.8. The van der Waals surface area contributed by atoms with Crippen LogP contribution >= 0.6 is 0 Å². The lowest BCUT2D eigenvalue weighted by Crippen LogP contribution is -2.39. The Morgan fingerprint density at radius 1 is 0.806 bits per heavy atom. The smallest absolute Gasteiger partial charge is 0.372 e. The fourth-order valence-electron chi connectivity index (χ4n) is 4.20. The number of benzene rings is 3. The highest BCUT2D eigenvalue weighted by atomic mass is 32.2. The topological polar surface area (TPSA) is 83.6 Å². The number of nitrogens with one attached hydrogen (secondary N) is 1. The number of alkyl halides is 3. The number of rotatable bonds is 7. The maximum absolute atomic E-state index is 13.7. The molecule has 0 atom stereocenters. The van der Waals surface area contributed by atoms with Gasteiger partial charge in [0.05, 0.1) is 20.2 Å². The van der Waals surface area contributed by atoms with E-state index in [1.54, 1.807) is 6.07 Å². The summed E-state index contributed by atoms with van der Waals surface area (Å²) in [7, 11) is -8.87. The van der Waals surface area contributed by atoms with Crippen LogP contribution < -0.4 is 9.62 Å². The molecule has 1 aliphatic heterocycles. The predicted octanol–water partition coefficient (Wildman–Crippen LogP) is 4.73. The van der Waals surface area contributed by atoms with Gasteiger partial charge in [-0.1, -0.05) is 36.4 Å². The van der Waals surface area contributed by atoms with Gasteiger partial charge < -0.3 is 4.90 Å². The Labute approximate surface area is 208 Å². The van der Waals surface area contributed by atoms with Crippen LogP contribution in [0.5, 0.6) is 0 Å². The monoisotopic (exact) mass is 538 g/mol. The molecule has 1 N–H and O–H groups in total. The molecule has 3 aromatic carbocycles. The van der Waals surface area contributed by atoms with Crippen LogP contribution in [0.4, 0.5) is 18.9 Å². The lowest BCUT2D eigenvalue weighted by molar-refractivity contribution is -0.139. The van der Waals surface area contributed by atoms with Crippen molar-refractivity contribution in [1.29, 1.82) is 0 Å². The van der Waals surface area contributed by atoms with Crippen molar-refractivity contribution < 1.29 is 30.0 Å². The Balaban J connectivity index is 1.55. The van der Waals surface area contributed by atoms with Crippen LogP contribution in [0.3, 0.4) is 0 Å². The third kappa shape index (κ3) is 5.74. The van der Waals surface area contributed by atoms with Crippen molar-refractivity contribution >= 4 is 25.5 Å². The first-order valence-electron chi connectivity index (χ1n) is 11.3. The van der Waals surface area contributed by atoms with E-state index in [1.807, 2.05) is 30.3 Å². The molecule has 0 aliphatic carbocycles. The average molecular weight is 539 g/mol. The maximum Gasteiger partial charge on any atom is 0.417 e. The van der Waals surface area contributed by atoms with Crippen LogP contribution in [0.25, 0.3) is 0 Å². The second-order valence-corrected chi connectivity index (χ2v) is 12.3. The fourth-order valence-corrected chi connectivity index (χ4v) is 6.95. The molecule has 0 aromatic heterocycles. The maximum atomic E-state index is 13.7. The molecule has 36 heavy (non-hydrogen) atoms. The fraction of sp³-hybridized carbons (Fsp3) is 0.280. The van der Waals surface area contributed by atoms with Gasteiger partial charge in [-0.3, -0.25) is 0 Å². The molecule has 0 saturated carbocycles. The first-order valence-corrected chi connectivity index (χ1v) is 14.3. The number of anilines is 1. The molecular weight excluding hydrogens is 513 g/mol. The van der Waals surface area contributed by atoms with E-state index in [0.717, 1.165) is 11.8 Å². The molecule has 1 aliphatic rings. The molecule has 3 aromatic rings. The van der Waals surface area contributed by atoms with Crippen LogP contribution in [0.15, 0.2) is 93.5 Å². The van der Waals surface area contributed by atoms with Crippen molar-refractivity contribution in [2.45, 2.75) is 33.7 Å². The summed E-state index contributed by atoms with van der Waals surface area (Å²) < 4.78 is 95.2. The predicted molar refractivity (Wildman–Crippen MR) is 130 cm³/mol. The van der Waals surface area contributed by atoms with Crippen LogP contribution in [-0.4, -0.2) is 36.5 Å². The van der Waals surface area contributed by atoms with E-state index in [9.17, 15) is 30.0 Å². The highest BCUT2D eigenvalue weighted by Gasteiger charge is 2.38. The zero-order chi connectivity index (χ0) is 26.0.